The van der Waals surface area contributed by atoms with Gasteiger partial charge >= 0.3 is 18.0 Å². The average Bonchev–Trinajstić information content (AvgIpc) is 2.06. The molecule has 11 atom stereocenters. The molecule has 18 nitrogen and oxygen atoms in total. The number of hydrogen-bond donors (Lipinski definition) is 5. The molecule has 5 N–H and O–H groups in total. The fraction of sp³-hybridized carbons (Fsp3) is 0.683. The minimum atomic E-state index is -1.09. The Balaban J connectivity index is 0.794. The third-order valence-corrected chi connectivity index (χ3v) is 22.7. The van der Waals surface area contributed by atoms with Crippen LogP contribution in [0, 0.1) is 51.8 Å². The molecule has 1 aromatic carbocycles. The van der Waals surface area contributed by atoms with Gasteiger partial charge in [-0.3, -0.25) is 29.0 Å². The number of carbonyl (C=O) groups excluding carboxylic acids is 6. The van der Waals surface area contributed by atoms with Crippen molar-refractivity contribution in [2.45, 2.75) is 183 Å². The van der Waals surface area contributed by atoms with Gasteiger partial charge in [0.1, 0.15) is 21.8 Å². The van der Waals surface area contributed by atoms with Gasteiger partial charge in [-0.15, -0.1) is 23.1 Å². The smallest absolute Gasteiger partial charge is 0.415 e. The predicted molar refractivity (Wildman–Crippen MR) is 320 cm³/mol. The summed E-state index contributed by atoms with van der Waals surface area (Å²) in [6.45, 7) is 16.2. The summed E-state index contributed by atoms with van der Waals surface area (Å²) in [5.41, 5.74) is 1.60. The lowest BCUT2D eigenvalue weighted by Crippen LogP contribution is -2.54. The highest BCUT2D eigenvalue weighted by molar-refractivity contribution is 8.15. The standard InChI is InChI=1S/C63H88N6O12S2/c1-35(43-19-20-44-42-18-16-39-31-40(70)23-25-62(39,7)45(42)24-26-63(43,44)8)15-22-51(72)65-47(58(76)77)13-10-11-27-64-50(71)14-12-28-69(30-29-68(9)52(73)33-61(5,6)53-38(4)54(74)36(2)37(3)55(53)75)60(80)81-41-17-21-46-49(32-41)83-57(66-46)56-67-48(34-82-56)59(78)79/h17,21,32,35,39-40,42-45,47-48,70H,10-16,18-20,22-31,33-34H2,1-9H3,(H,64,71)(H,65,72)(H,76,77)(H,78,79)/t35?,39-,40-,42+,43-,44+,45+,47?,48?,62+,63-/m1/s1. The highest BCUT2D eigenvalue weighted by Gasteiger charge is 2.60. The molecule has 2 aromatic rings. The van der Waals surface area contributed by atoms with Crippen molar-refractivity contribution in [2.75, 3.05) is 39.0 Å². The topological polar surface area (TPSA) is 262 Å². The number of carbonyl (C=O) groups is 8. The van der Waals surface area contributed by atoms with Crippen LogP contribution in [0.4, 0.5) is 4.79 Å². The Morgan fingerprint density at radius 2 is 1.57 bits per heavy atom. The number of aliphatic carboxylic acids is 2. The number of thiazole rings is 1. The first kappa shape index (κ1) is 63.5. The second-order valence-electron chi connectivity index (χ2n) is 26.1. The number of unbranched alkanes of at least 4 members (excludes halogenated alkanes) is 1. The Morgan fingerprint density at radius 1 is 0.843 bits per heavy atom. The summed E-state index contributed by atoms with van der Waals surface area (Å²) in [6.07, 6.45) is 11.9. The molecular formula is C63H88N6O12S2. The molecule has 6 aliphatic rings. The minimum Gasteiger partial charge on any atom is -0.480 e. The molecule has 3 unspecified atom stereocenters. The Morgan fingerprint density at radius 3 is 2.29 bits per heavy atom. The number of nitrogens with zero attached hydrogens (tertiary/aromatic N) is 4. The normalized spacial score (nSPS) is 27.7. The number of ketones is 2. The van der Waals surface area contributed by atoms with Gasteiger partial charge in [0.25, 0.3) is 0 Å². The van der Waals surface area contributed by atoms with E-state index in [1.807, 2.05) is 0 Å². The number of fused-ring (bicyclic) bond motifs is 6. The molecule has 20 heteroatoms. The number of carboxylic acid groups (broad SMARTS) is 2. The number of ether oxygens (including phenoxy) is 1. The number of carboxylic acids is 2. The lowest BCUT2D eigenvalue weighted by atomic mass is 9.44. The largest absolute Gasteiger partial charge is 0.480 e. The van der Waals surface area contributed by atoms with Crippen LogP contribution in [0.15, 0.2) is 45.5 Å². The average molecular weight is 1190 g/mol. The fourth-order valence-corrected chi connectivity index (χ4v) is 17.6. The number of aromatic nitrogens is 1. The van der Waals surface area contributed by atoms with Crippen molar-refractivity contribution >= 4 is 85.7 Å². The van der Waals surface area contributed by atoms with E-state index in [1.54, 1.807) is 59.9 Å². The second-order valence-corrected chi connectivity index (χ2v) is 28.2. The molecule has 4 saturated carbocycles. The highest BCUT2D eigenvalue weighted by atomic mass is 32.2. The molecule has 2 heterocycles. The summed E-state index contributed by atoms with van der Waals surface area (Å²) in [4.78, 5) is 116. The van der Waals surface area contributed by atoms with Crippen LogP contribution in [0.2, 0.25) is 0 Å². The monoisotopic (exact) mass is 1180 g/mol. The first-order chi connectivity index (χ1) is 39.2. The van der Waals surface area contributed by atoms with E-state index in [0.717, 1.165) is 31.1 Å². The van der Waals surface area contributed by atoms with Crippen LogP contribution in [-0.2, 0) is 33.6 Å². The Bertz CT molecular complexity index is 2950. The molecular weight excluding hydrogens is 1100 g/mol. The zero-order chi connectivity index (χ0) is 60.3. The summed E-state index contributed by atoms with van der Waals surface area (Å²) < 4.78 is 6.57. The third-order valence-electron chi connectivity index (χ3n) is 20.5. The minimum absolute atomic E-state index is 0.0351. The molecule has 5 aliphatic carbocycles. The van der Waals surface area contributed by atoms with Gasteiger partial charge in [0, 0.05) is 92.0 Å². The molecule has 4 fully saturated rings. The first-order valence-corrected chi connectivity index (χ1v) is 32.0. The lowest BCUT2D eigenvalue weighted by molar-refractivity contribution is -0.142. The maximum atomic E-state index is 14.0. The molecule has 4 amide bonds. The van der Waals surface area contributed by atoms with Gasteiger partial charge in [-0.2, -0.15) is 0 Å². The lowest BCUT2D eigenvalue weighted by Gasteiger charge is -2.61. The maximum absolute atomic E-state index is 14.0. The Hall–Kier alpha value is -5.47. The summed E-state index contributed by atoms with van der Waals surface area (Å²) in [6, 6.07) is 3.07. The van der Waals surface area contributed by atoms with Crippen molar-refractivity contribution in [1.82, 2.24) is 25.4 Å². The van der Waals surface area contributed by atoms with Crippen molar-refractivity contribution in [3.05, 3.63) is 45.5 Å². The number of nitrogens with one attached hydrogen (secondary N) is 2. The fourth-order valence-electron chi connectivity index (χ4n) is 15.6. The van der Waals surface area contributed by atoms with E-state index in [0.29, 0.717) is 96.7 Å². The second kappa shape index (κ2) is 26.4. The van der Waals surface area contributed by atoms with Crippen molar-refractivity contribution in [2.24, 2.45) is 56.7 Å². The van der Waals surface area contributed by atoms with E-state index < -0.39 is 35.5 Å². The van der Waals surface area contributed by atoms with Crippen LogP contribution >= 0.6 is 23.1 Å². The summed E-state index contributed by atoms with van der Waals surface area (Å²) in [7, 11) is 1.60. The van der Waals surface area contributed by atoms with Gasteiger partial charge < -0.3 is 40.5 Å². The third kappa shape index (κ3) is 14.1. The number of benzene rings is 1. The van der Waals surface area contributed by atoms with Crippen LogP contribution in [0.25, 0.3) is 10.2 Å². The molecule has 454 valence electrons. The van der Waals surface area contributed by atoms with Gasteiger partial charge in [0.15, 0.2) is 17.6 Å². The predicted octanol–water partition coefficient (Wildman–Crippen LogP) is 9.80. The van der Waals surface area contributed by atoms with Crippen molar-refractivity contribution in [1.29, 1.82) is 0 Å². The number of aliphatic imine (C=N–C) groups is 1. The number of aliphatic hydroxyl groups excluding tert-OH is 1. The van der Waals surface area contributed by atoms with E-state index in [-0.39, 0.29) is 105 Å². The molecule has 0 saturated heterocycles. The van der Waals surface area contributed by atoms with Crippen molar-refractivity contribution in [3.8, 4) is 5.75 Å². The number of aliphatic hydroxyl groups is 1. The van der Waals surface area contributed by atoms with E-state index in [1.165, 1.54) is 71.4 Å². The molecule has 1 aromatic heterocycles. The molecule has 0 bridgehead atoms. The number of amides is 4. The number of hydrogen-bond acceptors (Lipinski definition) is 14. The zero-order valence-corrected chi connectivity index (χ0v) is 51.7. The SMILES string of the molecule is CC1=C(C)C(=O)C(C(C)(C)CC(=O)N(C)CCN(CCCC(=O)NCCCCC(NC(=O)CCC(C)[C@H]2CC[C@H]3[C@@H]4CC[C@@H]5C[C@H](O)CC[C@]5(C)[C@H]4CC[C@]23C)C(=O)O)C(=O)Oc2ccc3nc(C4=NC(C(=O)O)CS4)sc3c2)=C(C)C1=O. The van der Waals surface area contributed by atoms with Gasteiger partial charge in [-0.1, -0.05) is 34.6 Å². The van der Waals surface area contributed by atoms with Gasteiger partial charge in [0.2, 0.25) is 17.7 Å². The van der Waals surface area contributed by atoms with Crippen LogP contribution in [-0.4, -0.2) is 140 Å². The van der Waals surface area contributed by atoms with E-state index >= 15 is 0 Å². The summed E-state index contributed by atoms with van der Waals surface area (Å²) >= 11 is 2.61. The van der Waals surface area contributed by atoms with Crippen LogP contribution in [0.1, 0.15) is 170 Å². The molecule has 83 heavy (non-hydrogen) atoms. The zero-order valence-electron chi connectivity index (χ0n) is 50.1. The number of Topliss-reactive ketones (excluding diaryl/α,β-unsaturated/α-hetero) is 2. The number of thioether (sulfide) groups is 1. The van der Waals surface area contributed by atoms with Gasteiger partial charge in [-0.05, 0) is 169 Å². The highest BCUT2D eigenvalue weighted by Crippen LogP contribution is 2.68. The Labute approximate surface area is 496 Å². The van der Waals surface area contributed by atoms with Crippen molar-refractivity contribution in [3.63, 3.8) is 0 Å². The van der Waals surface area contributed by atoms with E-state index in [4.69, 9.17) is 4.74 Å². The van der Waals surface area contributed by atoms with Gasteiger partial charge in [0.05, 0.1) is 16.3 Å². The molecule has 0 radical (unpaired) electrons. The number of rotatable bonds is 24. The van der Waals surface area contributed by atoms with Gasteiger partial charge in [-0.25, -0.2) is 19.4 Å². The summed E-state index contributed by atoms with van der Waals surface area (Å²) in [5.74, 6) is 0.795. The molecule has 8 rings (SSSR count). The van der Waals surface area contributed by atoms with Crippen LogP contribution in [0.3, 0.4) is 0 Å². The maximum Gasteiger partial charge on any atom is 0.415 e. The first-order valence-electron chi connectivity index (χ1n) is 30.2. The van der Waals surface area contributed by atoms with Crippen molar-refractivity contribution < 1.29 is 58.4 Å². The van der Waals surface area contributed by atoms with Crippen LogP contribution in [0.5, 0.6) is 5.75 Å². The summed E-state index contributed by atoms with van der Waals surface area (Å²) in [5, 5.41) is 36.7. The van der Waals surface area contributed by atoms with E-state index in [9.17, 15) is 53.7 Å². The Kier molecular flexibility index (Phi) is 20.2. The number of allylic oxidation sites excluding steroid dienone is 4. The molecule has 1 aliphatic heterocycles. The quantitative estimate of drug-likeness (QED) is 0.0484. The molecule has 0 spiro atoms. The number of likely N-dealkylation sites (N-methyl/N-ethyl adjacent to an activating group) is 1. The van der Waals surface area contributed by atoms with E-state index in [2.05, 4.69) is 41.4 Å². The van der Waals surface area contributed by atoms with Crippen LogP contribution < -0.4 is 15.4 Å².